The lowest BCUT2D eigenvalue weighted by Gasteiger charge is -2.27. The molecule has 2 heterocycles. The van der Waals surface area contributed by atoms with Crippen LogP contribution in [-0.4, -0.2) is 65.9 Å². The predicted molar refractivity (Wildman–Crippen MR) is 89.1 cm³/mol. The standard InChI is InChI=1S/C18H25N3O2/c1-15-5-7-16(8-6-15)18(23)21-12-11-20(14-21)17(22)13-19-9-3-2-4-10-19/h5-8H,2-4,9-14H2,1H3. The Morgan fingerprint density at radius 3 is 2.26 bits per heavy atom. The third-order valence-electron chi connectivity index (χ3n) is 4.73. The molecule has 124 valence electrons. The van der Waals surface area contributed by atoms with E-state index in [4.69, 9.17) is 0 Å². The van der Waals surface area contributed by atoms with Crippen molar-refractivity contribution in [1.29, 1.82) is 0 Å². The van der Waals surface area contributed by atoms with Crippen LogP contribution in [0.1, 0.15) is 35.2 Å². The van der Waals surface area contributed by atoms with E-state index in [-0.39, 0.29) is 11.8 Å². The van der Waals surface area contributed by atoms with Gasteiger partial charge in [-0.25, -0.2) is 0 Å². The molecule has 1 aromatic carbocycles. The molecule has 2 amide bonds. The van der Waals surface area contributed by atoms with Gasteiger partial charge in [-0.15, -0.1) is 0 Å². The zero-order valence-electron chi connectivity index (χ0n) is 13.8. The molecule has 2 fully saturated rings. The molecule has 0 spiro atoms. The van der Waals surface area contributed by atoms with E-state index in [1.54, 1.807) is 9.80 Å². The first kappa shape index (κ1) is 16.0. The first-order chi connectivity index (χ1) is 11.1. The molecule has 0 radical (unpaired) electrons. The van der Waals surface area contributed by atoms with Gasteiger partial charge in [-0.3, -0.25) is 14.5 Å². The number of piperidine rings is 1. The van der Waals surface area contributed by atoms with Crippen molar-refractivity contribution in [2.24, 2.45) is 0 Å². The molecular weight excluding hydrogens is 290 g/mol. The summed E-state index contributed by atoms with van der Waals surface area (Å²) in [7, 11) is 0. The lowest BCUT2D eigenvalue weighted by atomic mass is 10.1. The van der Waals surface area contributed by atoms with Crippen LogP contribution in [0.5, 0.6) is 0 Å². The van der Waals surface area contributed by atoms with Crippen molar-refractivity contribution in [2.45, 2.75) is 26.2 Å². The molecule has 0 bridgehead atoms. The van der Waals surface area contributed by atoms with E-state index >= 15 is 0 Å². The fourth-order valence-electron chi connectivity index (χ4n) is 3.25. The summed E-state index contributed by atoms with van der Waals surface area (Å²) in [4.78, 5) is 30.7. The van der Waals surface area contributed by atoms with Gasteiger partial charge in [-0.1, -0.05) is 24.1 Å². The highest BCUT2D eigenvalue weighted by Gasteiger charge is 2.29. The van der Waals surface area contributed by atoms with E-state index in [2.05, 4.69) is 4.90 Å². The maximum absolute atomic E-state index is 12.5. The first-order valence-corrected chi connectivity index (χ1v) is 8.49. The van der Waals surface area contributed by atoms with Crippen molar-refractivity contribution in [1.82, 2.24) is 14.7 Å². The third-order valence-corrected chi connectivity index (χ3v) is 4.73. The quantitative estimate of drug-likeness (QED) is 0.853. The first-order valence-electron chi connectivity index (χ1n) is 8.49. The summed E-state index contributed by atoms with van der Waals surface area (Å²) in [6.45, 7) is 6.22. The maximum Gasteiger partial charge on any atom is 0.255 e. The molecule has 0 aromatic heterocycles. The molecule has 1 aromatic rings. The zero-order valence-corrected chi connectivity index (χ0v) is 13.8. The summed E-state index contributed by atoms with van der Waals surface area (Å²) in [5.74, 6) is 0.157. The van der Waals surface area contributed by atoms with Gasteiger partial charge < -0.3 is 9.80 Å². The number of rotatable bonds is 3. The Kier molecular flexibility index (Phi) is 4.96. The van der Waals surface area contributed by atoms with Gasteiger partial charge >= 0.3 is 0 Å². The van der Waals surface area contributed by atoms with E-state index in [1.807, 2.05) is 31.2 Å². The second-order valence-electron chi connectivity index (χ2n) is 6.57. The van der Waals surface area contributed by atoms with Gasteiger partial charge in [0.25, 0.3) is 5.91 Å². The van der Waals surface area contributed by atoms with E-state index < -0.39 is 0 Å². The number of aryl methyl sites for hydroxylation is 1. The second-order valence-corrected chi connectivity index (χ2v) is 6.57. The minimum atomic E-state index is 0.0123. The molecule has 0 saturated carbocycles. The number of hydrogen-bond acceptors (Lipinski definition) is 3. The lowest BCUT2D eigenvalue weighted by molar-refractivity contribution is -0.132. The van der Waals surface area contributed by atoms with E-state index in [0.29, 0.717) is 31.9 Å². The molecule has 0 unspecified atom stereocenters. The predicted octanol–water partition coefficient (Wildman–Crippen LogP) is 1.72. The Morgan fingerprint density at radius 2 is 1.57 bits per heavy atom. The number of hydrogen-bond donors (Lipinski definition) is 0. The minimum Gasteiger partial charge on any atom is -0.322 e. The highest BCUT2D eigenvalue weighted by molar-refractivity contribution is 5.94. The highest BCUT2D eigenvalue weighted by Crippen LogP contribution is 2.14. The molecule has 23 heavy (non-hydrogen) atoms. The topological polar surface area (TPSA) is 43.9 Å². The van der Waals surface area contributed by atoms with Gasteiger partial charge in [-0.05, 0) is 45.0 Å². The van der Waals surface area contributed by atoms with Gasteiger partial charge in [-0.2, -0.15) is 0 Å². The molecule has 2 aliphatic rings. The maximum atomic E-state index is 12.5. The van der Waals surface area contributed by atoms with Gasteiger partial charge in [0.15, 0.2) is 0 Å². The number of carbonyl (C=O) groups excluding carboxylic acids is 2. The Labute approximate surface area is 137 Å². The number of nitrogens with zero attached hydrogens (tertiary/aromatic N) is 3. The fraction of sp³-hybridized carbons (Fsp3) is 0.556. The van der Waals surface area contributed by atoms with Gasteiger partial charge in [0.2, 0.25) is 5.91 Å². The van der Waals surface area contributed by atoms with Gasteiger partial charge in [0, 0.05) is 18.7 Å². The monoisotopic (exact) mass is 315 g/mol. The summed E-state index contributed by atoms with van der Waals surface area (Å²) in [5.41, 5.74) is 1.84. The Morgan fingerprint density at radius 1 is 0.913 bits per heavy atom. The smallest absolute Gasteiger partial charge is 0.255 e. The normalized spacial score (nSPS) is 19.2. The van der Waals surface area contributed by atoms with Gasteiger partial charge in [0.1, 0.15) is 0 Å². The third kappa shape index (κ3) is 3.91. The largest absolute Gasteiger partial charge is 0.322 e. The van der Waals surface area contributed by atoms with Crippen molar-refractivity contribution in [3.8, 4) is 0 Å². The summed E-state index contributed by atoms with van der Waals surface area (Å²) in [5, 5.41) is 0. The molecule has 5 nitrogen and oxygen atoms in total. The Bertz CT molecular complexity index is 564. The van der Waals surface area contributed by atoms with Crippen molar-refractivity contribution < 1.29 is 9.59 Å². The van der Waals surface area contributed by atoms with Crippen LogP contribution < -0.4 is 0 Å². The van der Waals surface area contributed by atoms with E-state index in [1.165, 1.54) is 19.3 Å². The van der Waals surface area contributed by atoms with Crippen molar-refractivity contribution in [3.05, 3.63) is 35.4 Å². The van der Waals surface area contributed by atoms with E-state index in [9.17, 15) is 9.59 Å². The minimum absolute atomic E-state index is 0.0123. The van der Waals surface area contributed by atoms with Crippen LogP contribution in [-0.2, 0) is 4.79 Å². The summed E-state index contributed by atoms with van der Waals surface area (Å²) in [6, 6.07) is 7.61. The SMILES string of the molecule is Cc1ccc(C(=O)N2CCN(C(=O)CN3CCCCC3)C2)cc1. The van der Waals surface area contributed by atoms with Crippen LogP contribution in [0.25, 0.3) is 0 Å². The second kappa shape index (κ2) is 7.13. The molecule has 0 N–H and O–H groups in total. The average Bonchev–Trinajstić information content (AvgIpc) is 3.06. The summed E-state index contributed by atoms with van der Waals surface area (Å²) >= 11 is 0. The van der Waals surface area contributed by atoms with E-state index in [0.717, 1.165) is 18.7 Å². The number of benzene rings is 1. The fourth-order valence-corrected chi connectivity index (χ4v) is 3.25. The number of likely N-dealkylation sites (tertiary alicyclic amines) is 1. The summed E-state index contributed by atoms with van der Waals surface area (Å²) in [6.07, 6.45) is 3.64. The van der Waals surface area contributed by atoms with Crippen LogP contribution in [0.4, 0.5) is 0 Å². The van der Waals surface area contributed by atoms with Crippen molar-refractivity contribution >= 4 is 11.8 Å². The van der Waals surface area contributed by atoms with Gasteiger partial charge in [0.05, 0.1) is 13.2 Å². The average molecular weight is 315 g/mol. The van der Waals surface area contributed by atoms with Crippen LogP contribution in [0.3, 0.4) is 0 Å². The molecule has 0 aliphatic carbocycles. The molecule has 2 saturated heterocycles. The van der Waals surface area contributed by atoms with Crippen LogP contribution >= 0.6 is 0 Å². The number of amides is 2. The highest BCUT2D eigenvalue weighted by atomic mass is 16.2. The molecular formula is C18H25N3O2. The van der Waals surface area contributed by atoms with Crippen LogP contribution in [0.2, 0.25) is 0 Å². The molecule has 2 aliphatic heterocycles. The lowest BCUT2D eigenvalue weighted by Crippen LogP contribution is -2.42. The van der Waals surface area contributed by atoms with Crippen LogP contribution in [0.15, 0.2) is 24.3 Å². The number of carbonyl (C=O) groups is 2. The Hall–Kier alpha value is -1.88. The van der Waals surface area contributed by atoms with Crippen LogP contribution in [0, 0.1) is 6.92 Å². The van der Waals surface area contributed by atoms with Crippen molar-refractivity contribution in [2.75, 3.05) is 39.4 Å². The molecule has 0 atom stereocenters. The van der Waals surface area contributed by atoms with Crippen molar-refractivity contribution in [3.63, 3.8) is 0 Å². The molecule has 3 rings (SSSR count). The Balaban J connectivity index is 1.54. The molecule has 5 heteroatoms. The zero-order chi connectivity index (χ0) is 16.2. The summed E-state index contributed by atoms with van der Waals surface area (Å²) < 4.78 is 0.